The van der Waals surface area contributed by atoms with E-state index in [0.717, 1.165) is 65.6 Å². The molecule has 2 amide bonds. The van der Waals surface area contributed by atoms with Crippen LogP contribution in [0.2, 0.25) is 0 Å². The van der Waals surface area contributed by atoms with Crippen molar-refractivity contribution in [2.75, 3.05) is 13.1 Å². The highest BCUT2D eigenvalue weighted by Crippen LogP contribution is 2.48. The van der Waals surface area contributed by atoms with Gasteiger partial charge in [-0.3, -0.25) is 9.59 Å². The molecule has 3 heterocycles. The summed E-state index contributed by atoms with van der Waals surface area (Å²) in [4.78, 5) is 32.5. The van der Waals surface area contributed by atoms with E-state index < -0.39 is 6.04 Å². The summed E-state index contributed by atoms with van der Waals surface area (Å²) < 4.78 is 2.24. The molecule has 4 aromatic rings. The third kappa shape index (κ3) is 4.34. The second-order valence-electron chi connectivity index (χ2n) is 11.4. The van der Waals surface area contributed by atoms with E-state index in [-0.39, 0.29) is 23.8 Å². The number of hydrogen-bond acceptors (Lipinski definition) is 2. The summed E-state index contributed by atoms with van der Waals surface area (Å²) in [6.07, 6.45) is 3.85. The predicted octanol–water partition coefficient (Wildman–Crippen LogP) is 6.82. The first-order valence-corrected chi connectivity index (χ1v) is 14.3. The number of fused-ring (bicyclic) bond motifs is 2. The Balaban J connectivity index is 1.60. The van der Waals surface area contributed by atoms with E-state index in [9.17, 15) is 9.59 Å². The molecule has 2 aliphatic heterocycles. The first kappa shape index (κ1) is 25.4. The maximum absolute atomic E-state index is 14.3. The van der Waals surface area contributed by atoms with Crippen molar-refractivity contribution in [2.45, 2.75) is 51.6 Å². The molecule has 0 N–H and O–H groups in total. The minimum absolute atomic E-state index is 0.0430. The van der Waals surface area contributed by atoms with E-state index in [1.165, 1.54) is 0 Å². The Morgan fingerprint density at radius 2 is 1.54 bits per heavy atom. The molecule has 5 heteroatoms. The number of rotatable bonds is 6. The fraction of sp³-hybridized carbons (Fsp3) is 0.353. The van der Waals surface area contributed by atoms with Crippen molar-refractivity contribution in [1.29, 1.82) is 0 Å². The van der Waals surface area contributed by atoms with E-state index >= 15 is 0 Å². The molecule has 2 unspecified atom stereocenters. The number of para-hydroxylation sites is 1. The number of amides is 2. The van der Waals surface area contributed by atoms with Crippen molar-refractivity contribution < 1.29 is 9.59 Å². The van der Waals surface area contributed by atoms with Crippen molar-refractivity contribution in [2.24, 2.45) is 13.0 Å². The highest BCUT2D eigenvalue weighted by molar-refractivity contribution is 6.04. The predicted molar refractivity (Wildman–Crippen MR) is 156 cm³/mol. The molecule has 3 aromatic carbocycles. The van der Waals surface area contributed by atoms with Gasteiger partial charge in [-0.2, -0.15) is 0 Å². The Morgan fingerprint density at radius 3 is 2.28 bits per heavy atom. The monoisotopic (exact) mass is 519 g/mol. The zero-order valence-electron chi connectivity index (χ0n) is 23.1. The molecule has 0 spiro atoms. The van der Waals surface area contributed by atoms with Crippen LogP contribution in [0, 0.1) is 5.92 Å². The highest BCUT2D eigenvalue weighted by Gasteiger charge is 2.47. The molecule has 1 aromatic heterocycles. The van der Waals surface area contributed by atoms with Gasteiger partial charge in [-0.25, -0.2) is 0 Å². The molecule has 6 rings (SSSR count). The van der Waals surface area contributed by atoms with Gasteiger partial charge in [-0.1, -0.05) is 80.6 Å². The van der Waals surface area contributed by atoms with Crippen LogP contribution in [-0.2, 0) is 11.8 Å². The summed E-state index contributed by atoms with van der Waals surface area (Å²) in [5, 5.41) is 1.12. The van der Waals surface area contributed by atoms with Crippen LogP contribution in [0.25, 0.3) is 22.2 Å². The van der Waals surface area contributed by atoms with Crippen LogP contribution < -0.4 is 0 Å². The van der Waals surface area contributed by atoms with Crippen LogP contribution in [-0.4, -0.2) is 45.3 Å². The fourth-order valence-electron chi connectivity index (χ4n) is 6.70. The minimum Gasteiger partial charge on any atom is -0.343 e. The Hall–Kier alpha value is -3.86. The van der Waals surface area contributed by atoms with Crippen molar-refractivity contribution in [3.8, 4) is 11.3 Å². The van der Waals surface area contributed by atoms with Gasteiger partial charge in [-0.05, 0) is 54.9 Å². The van der Waals surface area contributed by atoms with Crippen molar-refractivity contribution >= 4 is 22.7 Å². The lowest BCUT2D eigenvalue weighted by atomic mass is 9.91. The van der Waals surface area contributed by atoms with E-state index in [1.807, 2.05) is 34.1 Å². The third-order valence-corrected chi connectivity index (χ3v) is 8.45. The summed E-state index contributed by atoms with van der Waals surface area (Å²) in [6, 6.07) is 25.9. The molecule has 200 valence electrons. The molecule has 0 saturated carbocycles. The third-order valence-electron chi connectivity index (χ3n) is 8.45. The van der Waals surface area contributed by atoms with Gasteiger partial charge in [0.25, 0.3) is 5.91 Å². The second kappa shape index (κ2) is 10.4. The lowest BCUT2D eigenvalue weighted by Gasteiger charge is -2.38. The summed E-state index contributed by atoms with van der Waals surface area (Å²) in [7, 11) is 2.10. The number of aromatic nitrogens is 1. The Bertz CT molecular complexity index is 1510. The Labute approximate surface area is 231 Å². The van der Waals surface area contributed by atoms with Crippen LogP contribution in [0.4, 0.5) is 0 Å². The molecular weight excluding hydrogens is 482 g/mol. The molecule has 1 fully saturated rings. The van der Waals surface area contributed by atoms with Gasteiger partial charge >= 0.3 is 0 Å². The van der Waals surface area contributed by atoms with Gasteiger partial charge in [0.2, 0.25) is 5.91 Å². The fourth-order valence-corrected chi connectivity index (χ4v) is 6.70. The molecular formula is C34H37N3O2. The van der Waals surface area contributed by atoms with E-state index in [2.05, 4.69) is 80.1 Å². The van der Waals surface area contributed by atoms with Crippen LogP contribution in [0.15, 0.2) is 78.9 Å². The smallest absolute Gasteiger partial charge is 0.255 e. The summed E-state index contributed by atoms with van der Waals surface area (Å²) in [5.74, 6) is 0.316. The number of carbonyl (C=O) groups excluding carboxylic acids is 2. The largest absolute Gasteiger partial charge is 0.343 e. The van der Waals surface area contributed by atoms with E-state index in [1.54, 1.807) is 0 Å². The quantitative estimate of drug-likeness (QED) is 0.281. The zero-order chi connectivity index (χ0) is 27.1. The van der Waals surface area contributed by atoms with Gasteiger partial charge in [0.05, 0.1) is 11.7 Å². The summed E-state index contributed by atoms with van der Waals surface area (Å²) in [6.45, 7) is 5.84. The Morgan fingerprint density at radius 1 is 0.872 bits per heavy atom. The number of benzene rings is 3. The number of likely N-dealkylation sites (tertiary alicyclic amines) is 1. The van der Waals surface area contributed by atoms with Gasteiger partial charge in [0.1, 0.15) is 6.04 Å². The van der Waals surface area contributed by atoms with Crippen molar-refractivity contribution in [1.82, 2.24) is 14.4 Å². The van der Waals surface area contributed by atoms with Gasteiger partial charge in [0.15, 0.2) is 0 Å². The number of nitrogens with zero attached hydrogens (tertiary/aromatic N) is 3. The van der Waals surface area contributed by atoms with Crippen molar-refractivity contribution in [3.63, 3.8) is 0 Å². The zero-order valence-corrected chi connectivity index (χ0v) is 23.1. The average molecular weight is 520 g/mol. The molecule has 2 aliphatic rings. The maximum Gasteiger partial charge on any atom is 0.255 e. The number of hydrogen-bond donors (Lipinski definition) is 0. The normalized spacial score (nSPS) is 18.2. The van der Waals surface area contributed by atoms with Gasteiger partial charge in [0, 0.05) is 42.2 Å². The number of piperidine rings is 1. The van der Waals surface area contributed by atoms with Crippen LogP contribution in [0.1, 0.15) is 67.1 Å². The molecule has 0 radical (unpaired) electrons. The molecule has 1 saturated heterocycles. The molecule has 5 nitrogen and oxygen atoms in total. The van der Waals surface area contributed by atoms with Gasteiger partial charge in [-0.15, -0.1) is 0 Å². The van der Waals surface area contributed by atoms with E-state index in [0.29, 0.717) is 12.0 Å². The second-order valence-corrected chi connectivity index (χ2v) is 11.4. The highest BCUT2D eigenvalue weighted by atomic mass is 16.2. The lowest BCUT2D eigenvalue weighted by molar-refractivity contribution is -0.138. The lowest BCUT2D eigenvalue weighted by Crippen LogP contribution is -2.52. The van der Waals surface area contributed by atoms with Crippen LogP contribution in [0.3, 0.4) is 0 Å². The number of carbonyl (C=O) groups is 2. The SMILES string of the molecule is CC(C)CC(C(=O)N1CCCCC1)N1C(=O)c2ccccc2C1c1c(-c2ccccc2)n(C)c2ccccc12. The molecule has 2 atom stereocenters. The molecule has 0 aliphatic carbocycles. The molecule has 39 heavy (non-hydrogen) atoms. The first-order valence-electron chi connectivity index (χ1n) is 14.3. The van der Waals surface area contributed by atoms with E-state index in [4.69, 9.17) is 0 Å². The van der Waals surface area contributed by atoms with Crippen molar-refractivity contribution in [3.05, 3.63) is 95.6 Å². The number of aryl methyl sites for hydroxylation is 1. The summed E-state index contributed by atoms with van der Waals surface area (Å²) in [5.41, 5.74) is 6.09. The van der Waals surface area contributed by atoms with Crippen LogP contribution in [0.5, 0.6) is 0 Å². The minimum atomic E-state index is -0.518. The average Bonchev–Trinajstić information content (AvgIpc) is 3.42. The van der Waals surface area contributed by atoms with Gasteiger partial charge < -0.3 is 14.4 Å². The standard InChI is InChI=1S/C34H37N3O2/c1-23(2)22-29(34(39)36-20-12-5-13-21-36)37-32(25-16-8-9-17-26(25)33(37)38)30-27-18-10-11-19-28(27)35(3)31(30)24-14-6-4-7-15-24/h4,6-11,14-19,23,29,32H,5,12-13,20-22H2,1-3H3. The first-order chi connectivity index (χ1) is 19.0. The Kier molecular flexibility index (Phi) is 6.76. The maximum atomic E-state index is 14.3. The summed E-state index contributed by atoms with van der Waals surface area (Å²) >= 11 is 0. The van der Waals surface area contributed by atoms with Crippen LogP contribution >= 0.6 is 0 Å². The molecule has 0 bridgehead atoms. The topological polar surface area (TPSA) is 45.6 Å².